The van der Waals surface area contributed by atoms with Crippen LogP contribution < -0.4 is 5.32 Å². The van der Waals surface area contributed by atoms with Crippen molar-refractivity contribution in [2.75, 3.05) is 5.32 Å². The minimum Gasteiger partial charge on any atom is -0.326 e. The van der Waals surface area contributed by atoms with Crippen LogP contribution in [-0.4, -0.2) is 5.91 Å². The lowest BCUT2D eigenvalue weighted by atomic mass is 10.1. The monoisotopic (exact) mass is 405 g/mol. The molecule has 0 aromatic heterocycles. The van der Waals surface area contributed by atoms with E-state index in [0.717, 1.165) is 14.8 Å². The molecule has 2 aromatic carbocycles. The number of carbonyl (C=O) groups excluding carboxylic acids is 1. The van der Waals surface area contributed by atoms with Crippen LogP contribution >= 0.6 is 45.8 Å². The molecule has 0 aliphatic heterocycles. The smallest absolute Gasteiger partial charge is 0.228 e. The molecule has 1 N–H and O–H groups in total. The molecule has 98 valence electrons. The van der Waals surface area contributed by atoms with Gasteiger partial charge in [0.1, 0.15) is 0 Å². The fourth-order valence-corrected chi connectivity index (χ4v) is 2.25. The summed E-state index contributed by atoms with van der Waals surface area (Å²) in [7, 11) is 0. The Kier molecular flexibility index (Phi) is 5.07. The number of nitrogens with one attached hydrogen (secondary N) is 1. The highest BCUT2D eigenvalue weighted by molar-refractivity contribution is 14.1. The fourth-order valence-electron chi connectivity index (χ4n) is 1.57. The van der Waals surface area contributed by atoms with Crippen LogP contribution in [0.15, 0.2) is 42.5 Å². The van der Waals surface area contributed by atoms with E-state index < -0.39 is 0 Å². The van der Waals surface area contributed by atoms with Crippen LogP contribution in [0, 0.1) is 3.57 Å². The van der Waals surface area contributed by atoms with Gasteiger partial charge in [-0.1, -0.05) is 29.3 Å². The third-order valence-corrected chi connectivity index (χ3v) is 3.93. The highest BCUT2D eigenvalue weighted by Gasteiger charge is 2.06. The number of amides is 1. The summed E-state index contributed by atoms with van der Waals surface area (Å²) in [5.74, 6) is -0.0837. The lowest BCUT2D eigenvalue weighted by molar-refractivity contribution is -0.115. The van der Waals surface area contributed by atoms with Crippen LogP contribution in [-0.2, 0) is 11.2 Å². The first kappa shape index (κ1) is 14.6. The van der Waals surface area contributed by atoms with Gasteiger partial charge in [-0.25, -0.2) is 0 Å². The Labute approximate surface area is 135 Å². The van der Waals surface area contributed by atoms with Crippen LogP contribution in [0.1, 0.15) is 5.56 Å². The largest absolute Gasteiger partial charge is 0.326 e. The zero-order chi connectivity index (χ0) is 13.8. The van der Waals surface area contributed by atoms with Gasteiger partial charge in [0.25, 0.3) is 0 Å². The summed E-state index contributed by atoms with van der Waals surface area (Å²) >= 11 is 14.0. The molecular weight excluding hydrogens is 396 g/mol. The Morgan fingerprint density at radius 2 is 1.74 bits per heavy atom. The quantitative estimate of drug-likeness (QED) is 0.731. The van der Waals surface area contributed by atoms with E-state index in [1.54, 1.807) is 18.2 Å². The fraction of sp³-hybridized carbons (Fsp3) is 0.0714. The highest BCUT2D eigenvalue weighted by atomic mass is 127. The Morgan fingerprint density at radius 1 is 1.05 bits per heavy atom. The molecule has 2 rings (SSSR count). The Balaban J connectivity index is 2.01. The van der Waals surface area contributed by atoms with E-state index in [4.69, 9.17) is 23.2 Å². The molecule has 0 radical (unpaired) electrons. The van der Waals surface area contributed by atoms with Crippen LogP contribution in [0.25, 0.3) is 0 Å². The molecule has 1 amide bonds. The predicted molar refractivity (Wildman–Crippen MR) is 88.0 cm³/mol. The van der Waals surface area contributed by atoms with Crippen LogP contribution in [0.5, 0.6) is 0 Å². The summed E-state index contributed by atoms with van der Waals surface area (Å²) in [5.41, 5.74) is 1.61. The average molecular weight is 406 g/mol. The van der Waals surface area contributed by atoms with Crippen molar-refractivity contribution in [1.29, 1.82) is 0 Å². The van der Waals surface area contributed by atoms with E-state index in [9.17, 15) is 4.79 Å². The number of hydrogen-bond acceptors (Lipinski definition) is 1. The molecule has 0 saturated carbocycles. The molecule has 2 aromatic rings. The highest BCUT2D eigenvalue weighted by Crippen LogP contribution is 2.23. The third kappa shape index (κ3) is 4.37. The Hall–Kier alpha value is -0.780. The maximum atomic E-state index is 11.9. The molecule has 5 heteroatoms. The first-order valence-electron chi connectivity index (χ1n) is 5.54. The molecule has 0 fully saturated rings. The maximum absolute atomic E-state index is 11.9. The summed E-state index contributed by atoms with van der Waals surface area (Å²) in [5, 5.41) is 3.78. The van der Waals surface area contributed by atoms with Crippen LogP contribution in [0.4, 0.5) is 5.69 Å². The number of anilines is 1. The molecule has 0 saturated heterocycles. The molecule has 2 nitrogen and oxygen atoms in total. The zero-order valence-electron chi connectivity index (χ0n) is 9.79. The molecule has 0 aliphatic rings. The molecular formula is C14H10Cl2INO. The SMILES string of the molecule is O=C(Cc1ccc(Cl)c(Cl)c1)Nc1ccc(I)cc1. The number of carbonyl (C=O) groups is 1. The van der Waals surface area contributed by atoms with Gasteiger partial charge in [-0.15, -0.1) is 0 Å². The normalized spacial score (nSPS) is 10.3. The lowest BCUT2D eigenvalue weighted by Crippen LogP contribution is -2.14. The van der Waals surface area contributed by atoms with Crippen molar-refractivity contribution in [2.45, 2.75) is 6.42 Å². The van der Waals surface area contributed by atoms with Crippen molar-refractivity contribution in [1.82, 2.24) is 0 Å². The summed E-state index contributed by atoms with van der Waals surface area (Å²) in [6, 6.07) is 12.8. The van der Waals surface area contributed by atoms with Gasteiger partial charge in [0.05, 0.1) is 16.5 Å². The lowest BCUT2D eigenvalue weighted by Gasteiger charge is -2.06. The zero-order valence-corrected chi connectivity index (χ0v) is 13.5. The van der Waals surface area contributed by atoms with E-state index in [1.807, 2.05) is 24.3 Å². The topological polar surface area (TPSA) is 29.1 Å². The number of benzene rings is 2. The van der Waals surface area contributed by atoms with E-state index >= 15 is 0 Å². The predicted octanol–water partition coefficient (Wildman–Crippen LogP) is 4.78. The van der Waals surface area contributed by atoms with Gasteiger partial charge >= 0.3 is 0 Å². The van der Waals surface area contributed by atoms with Gasteiger partial charge < -0.3 is 5.32 Å². The number of rotatable bonds is 3. The summed E-state index contributed by atoms with van der Waals surface area (Å²) < 4.78 is 1.13. The van der Waals surface area contributed by atoms with Crippen LogP contribution in [0.3, 0.4) is 0 Å². The van der Waals surface area contributed by atoms with Gasteiger partial charge in [-0.3, -0.25) is 4.79 Å². The van der Waals surface area contributed by atoms with Gasteiger partial charge in [0.15, 0.2) is 0 Å². The van der Waals surface area contributed by atoms with E-state index in [-0.39, 0.29) is 12.3 Å². The van der Waals surface area contributed by atoms with E-state index in [2.05, 4.69) is 27.9 Å². The molecule has 0 spiro atoms. The van der Waals surface area contributed by atoms with Gasteiger partial charge in [-0.05, 0) is 64.6 Å². The summed E-state index contributed by atoms with van der Waals surface area (Å²) in [4.78, 5) is 11.9. The first-order valence-corrected chi connectivity index (χ1v) is 7.37. The maximum Gasteiger partial charge on any atom is 0.228 e. The minimum atomic E-state index is -0.0837. The Bertz CT molecular complexity index is 599. The molecule has 0 unspecified atom stereocenters. The molecule has 0 aliphatic carbocycles. The second kappa shape index (κ2) is 6.59. The van der Waals surface area contributed by atoms with Gasteiger partial charge in [0.2, 0.25) is 5.91 Å². The molecule has 19 heavy (non-hydrogen) atoms. The van der Waals surface area contributed by atoms with Crippen molar-refractivity contribution in [3.05, 3.63) is 61.6 Å². The second-order valence-electron chi connectivity index (χ2n) is 3.98. The van der Waals surface area contributed by atoms with E-state index in [0.29, 0.717) is 10.0 Å². The molecule has 0 atom stereocenters. The second-order valence-corrected chi connectivity index (χ2v) is 6.04. The number of halogens is 3. The van der Waals surface area contributed by atoms with Gasteiger partial charge in [-0.2, -0.15) is 0 Å². The van der Waals surface area contributed by atoms with Crippen molar-refractivity contribution < 1.29 is 4.79 Å². The van der Waals surface area contributed by atoms with E-state index in [1.165, 1.54) is 0 Å². The summed E-state index contributed by atoms with van der Waals surface area (Å²) in [6.45, 7) is 0. The van der Waals surface area contributed by atoms with Crippen molar-refractivity contribution in [3.63, 3.8) is 0 Å². The first-order chi connectivity index (χ1) is 9.04. The van der Waals surface area contributed by atoms with Gasteiger partial charge in [0, 0.05) is 9.26 Å². The molecule has 0 heterocycles. The van der Waals surface area contributed by atoms with Crippen molar-refractivity contribution in [2.24, 2.45) is 0 Å². The Morgan fingerprint density at radius 3 is 2.37 bits per heavy atom. The third-order valence-electron chi connectivity index (χ3n) is 2.48. The van der Waals surface area contributed by atoms with Crippen LogP contribution in [0.2, 0.25) is 10.0 Å². The molecule has 0 bridgehead atoms. The van der Waals surface area contributed by atoms with Crippen molar-refractivity contribution in [3.8, 4) is 0 Å². The summed E-state index contributed by atoms with van der Waals surface area (Å²) in [6.07, 6.45) is 0.267. The van der Waals surface area contributed by atoms with Crippen molar-refractivity contribution >= 4 is 57.4 Å². The number of hydrogen-bond donors (Lipinski definition) is 1. The average Bonchev–Trinajstić information content (AvgIpc) is 2.37. The minimum absolute atomic E-state index is 0.0837. The standard InChI is InChI=1S/C14H10Cl2INO/c15-12-6-1-9(7-13(12)16)8-14(19)18-11-4-2-10(17)3-5-11/h1-7H,8H2,(H,18,19).